The molecular formula is C16H15FN2O5S. The highest BCUT2D eigenvalue weighted by molar-refractivity contribution is 7.90. The number of benzene rings is 1. The van der Waals surface area contributed by atoms with Gasteiger partial charge in [-0.3, -0.25) is 0 Å². The van der Waals surface area contributed by atoms with Gasteiger partial charge in [0.15, 0.2) is 5.84 Å². The maximum Gasteiger partial charge on any atom is 0.342 e. The number of ether oxygens (including phenoxy) is 2. The van der Waals surface area contributed by atoms with Gasteiger partial charge in [0.1, 0.15) is 23.7 Å². The predicted octanol–water partition coefficient (Wildman–Crippen LogP) is 1.38. The highest BCUT2D eigenvalue weighted by Gasteiger charge is 2.30. The number of amidine groups is 1. The van der Waals surface area contributed by atoms with Gasteiger partial charge in [-0.05, 0) is 30.4 Å². The third-order valence-corrected chi connectivity index (χ3v) is 4.83. The number of methoxy groups -OCH3 is 1. The van der Waals surface area contributed by atoms with E-state index in [1.807, 2.05) is 0 Å². The predicted molar refractivity (Wildman–Crippen MR) is 87.9 cm³/mol. The molecule has 0 amide bonds. The first kappa shape index (κ1) is 17.2. The van der Waals surface area contributed by atoms with Gasteiger partial charge in [-0.1, -0.05) is 0 Å². The zero-order chi connectivity index (χ0) is 18.0. The first-order chi connectivity index (χ1) is 11.9. The number of hydrogen-bond donors (Lipinski definition) is 0. The van der Waals surface area contributed by atoms with Crippen LogP contribution < -0.4 is 4.74 Å². The van der Waals surface area contributed by atoms with Gasteiger partial charge in [-0.15, -0.1) is 4.40 Å². The average molecular weight is 366 g/mol. The summed E-state index contributed by atoms with van der Waals surface area (Å²) in [6, 6.07) is 3.87. The van der Waals surface area contributed by atoms with Crippen molar-refractivity contribution in [3.05, 3.63) is 53.5 Å². The van der Waals surface area contributed by atoms with Gasteiger partial charge in [-0.25, -0.2) is 17.6 Å². The van der Waals surface area contributed by atoms with Crippen LogP contribution in [-0.2, 0) is 26.2 Å². The Bertz CT molecular complexity index is 905. The summed E-state index contributed by atoms with van der Waals surface area (Å²) in [5, 5.41) is 0. The molecule has 0 saturated carbocycles. The smallest absolute Gasteiger partial charge is 0.342 e. The second-order valence-corrected chi connectivity index (χ2v) is 7.10. The minimum absolute atomic E-state index is 0.0288. The number of sulfonamides is 1. The van der Waals surface area contributed by atoms with E-state index in [2.05, 4.69) is 4.40 Å². The fourth-order valence-electron chi connectivity index (χ4n) is 2.46. The van der Waals surface area contributed by atoms with Crippen molar-refractivity contribution in [2.75, 3.05) is 19.4 Å². The molecule has 7 nitrogen and oxygen atoms in total. The highest BCUT2D eigenvalue weighted by atomic mass is 32.2. The van der Waals surface area contributed by atoms with Crippen LogP contribution in [0.3, 0.4) is 0 Å². The third-order valence-electron chi connectivity index (χ3n) is 3.68. The largest absolute Gasteiger partial charge is 0.496 e. The Labute approximate surface area is 144 Å². The van der Waals surface area contributed by atoms with E-state index in [1.165, 1.54) is 31.4 Å². The van der Waals surface area contributed by atoms with E-state index in [0.29, 0.717) is 11.3 Å². The molecule has 0 aliphatic carbocycles. The van der Waals surface area contributed by atoms with Crippen LogP contribution in [0.2, 0.25) is 0 Å². The molecule has 25 heavy (non-hydrogen) atoms. The van der Waals surface area contributed by atoms with Crippen molar-refractivity contribution < 1.29 is 27.1 Å². The molecule has 2 aliphatic heterocycles. The van der Waals surface area contributed by atoms with Crippen LogP contribution in [0.25, 0.3) is 0 Å². The van der Waals surface area contributed by atoms with Crippen LogP contribution >= 0.6 is 0 Å². The van der Waals surface area contributed by atoms with Gasteiger partial charge in [0.2, 0.25) is 0 Å². The number of esters is 1. The highest BCUT2D eigenvalue weighted by Crippen LogP contribution is 2.22. The number of rotatable bonds is 4. The summed E-state index contributed by atoms with van der Waals surface area (Å²) in [5.74, 6) is -0.947. The van der Waals surface area contributed by atoms with Crippen LogP contribution in [-0.4, -0.2) is 44.5 Å². The van der Waals surface area contributed by atoms with Gasteiger partial charge in [0.25, 0.3) is 10.0 Å². The zero-order valence-electron chi connectivity index (χ0n) is 13.3. The van der Waals surface area contributed by atoms with Crippen molar-refractivity contribution in [1.82, 2.24) is 4.90 Å². The van der Waals surface area contributed by atoms with E-state index in [4.69, 9.17) is 9.47 Å². The molecule has 3 rings (SSSR count). The molecule has 0 N–H and O–H groups in total. The van der Waals surface area contributed by atoms with Crippen LogP contribution in [0, 0.1) is 5.82 Å². The third kappa shape index (κ3) is 3.71. The number of nitrogens with zero attached hydrogens (tertiary/aromatic N) is 2. The maximum absolute atomic E-state index is 13.4. The Kier molecular flexibility index (Phi) is 4.58. The van der Waals surface area contributed by atoms with Crippen LogP contribution in [0.15, 0.2) is 46.5 Å². The fourth-order valence-corrected chi connectivity index (χ4v) is 3.44. The van der Waals surface area contributed by atoms with Gasteiger partial charge in [0, 0.05) is 18.3 Å². The van der Waals surface area contributed by atoms with Crippen LogP contribution in [0.1, 0.15) is 5.56 Å². The van der Waals surface area contributed by atoms with E-state index < -0.39 is 21.8 Å². The Hall–Kier alpha value is -2.68. The number of hydrogen-bond acceptors (Lipinski definition) is 6. The topological polar surface area (TPSA) is 85.3 Å². The Balaban J connectivity index is 1.80. The van der Waals surface area contributed by atoms with Crippen molar-refractivity contribution in [2.45, 2.75) is 6.61 Å². The number of fused-ring (bicyclic) bond motifs is 1. The molecule has 1 aromatic carbocycles. The van der Waals surface area contributed by atoms with Crippen LogP contribution in [0.5, 0.6) is 5.75 Å². The Morgan fingerprint density at radius 1 is 1.40 bits per heavy atom. The van der Waals surface area contributed by atoms with Crippen molar-refractivity contribution >= 4 is 21.8 Å². The summed E-state index contributed by atoms with van der Waals surface area (Å²) >= 11 is 0. The second-order valence-electron chi connectivity index (χ2n) is 5.35. The van der Waals surface area contributed by atoms with E-state index in [9.17, 15) is 17.6 Å². The lowest BCUT2D eigenvalue weighted by molar-refractivity contribution is -0.139. The molecule has 0 unspecified atom stereocenters. The van der Waals surface area contributed by atoms with Gasteiger partial charge >= 0.3 is 5.97 Å². The quantitative estimate of drug-likeness (QED) is 0.749. The first-order valence-corrected chi connectivity index (χ1v) is 8.98. The number of carbonyl (C=O) groups is 1. The lowest BCUT2D eigenvalue weighted by Gasteiger charge is -2.28. The summed E-state index contributed by atoms with van der Waals surface area (Å²) in [4.78, 5) is 13.9. The van der Waals surface area contributed by atoms with Crippen molar-refractivity contribution in [2.24, 2.45) is 4.40 Å². The van der Waals surface area contributed by atoms with Crippen molar-refractivity contribution in [1.29, 1.82) is 0 Å². The van der Waals surface area contributed by atoms with Crippen molar-refractivity contribution in [3.8, 4) is 5.75 Å². The maximum atomic E-state index is 13.4. The SMILES string of the molecule is COc1ccc(F)cc1COC(=O)C1=CC=CN2CCS(=O)(=O)N=C12. The monoisotopic (exact) mass is 366 g/mol. The summed E-state index contributed by atoms with van der Waals surface area (Å²) in [6.07, 6.45) is 4.68. The van der Waals surface area contributed by atoms with E-state index in [1.54, 1.807) is 17.2 Å². The minimum atomic E-state index is -3.61. The fraction of sp³-hybridized carbons (Fsp3) is 0.250. The minimum Gasteiger partial charge on any atom is -0.496 e. The molecule has 0 bridgehead atoms. The van der Waals surface area contributed by atoms with Crippen LogP contribution in [0.4, 0.5) is 4.39 Å². The molecule has 9 heteroatoms. The van der Waals surface area contributed by atoms with Crippen molar-refractivity contribution in [3.63, 3.8) is 0 Å². The first-order valence-electron chi connectivity index (χ1n) is 7.37. The second kappa shape index (κ2) is 6.67. The average Bonchev–Trinajstić information content (AvgIpc) is 2.58. The van der Waals surface area contributed by atoms with E-state index >= 15 is 0 Å². The molecule has 1 aromatic rings. The van der Waals surface area contributed by atoms with Gasteiger partial charge in [-0.2, -0.15) is 0 Å². The number of halogens is 1. The molecule has 2 aliphatic rings. The summed E-state index contributed by atoms with van der Waals surface area (Å²) in [7, 11) is -2.19. The molecular weight excluding hydrogens is 351 g/mol. The summed E-state index contributed by atoms with van der Waals surface area (Å²) in [5.41, 5.74) is 0.388. The van der Waals surface area contributed by atoms with Gasteiger partial charge in [0.05, 0.1) is 12.9 Å². The molecule has 0 spiro atoms. The molecule has 0 atom stereocenters. The molecule has 2 heterocycles. The Morgan fingerprint density at radius 3 is 2.96 bits per heavy atom. The Morgan fingerprint density at radius 2 is 2.20 bits per heavy atom. The molecule has 0 aromatic heterocycles. The molecule has 0 saturated heterocycles. The number of allylic oxidation sites excluding steroid dienone is 2. The molecule has 0 fully saturated rings. The lowest BCUT2D eigenvalue weighted by Crippen LogP contribution is -2.40. The number of carbonyl (C=O) groups excluding carboxylic acids is 1. The standard InChI is InChI=1S/C16H15FN2O5S/c1-23-14-5-4-12(17)9-11(14)10-24-16(20)13-3-2-6-19-7-8-25(21,22)18-15(13)19/h2-6,9H,7-8,10H2,1H3. The summed E-state index contributed by atoms with van der Waals surface area (Å²) < 4.78 is 50.7. The molecule has 0 radical (unpaired) electrons. The normalized spacial score (nSPS) is 18.1. The zero-order valence-corrected chi connectivity index (χ0v) is 14.1. The summed E-state index contributed by atoms with van der Waals surface area (Å²) in [6.45, 7) is -0.0130. The molecule has 132 valence electrons. The van der Waals surface area contributed by atoms with Gasteiger partial charge < -0.3 is 14.4 Å². The van der Waals surface area contributed by atoms with E-state index in [0.717, 1.165) is 0 Å². The lowest BCUT2D eigenvalue weighted by atomic mass is 10.1. The van der Waals surface area contributed by atoms with E-state index in [-0.39, 0.29) is 30.3 Å².